The first-order chi connectivity index (χ1) is 7.06. The van der Waals surface area contributed by atoms with E-state index < -0.39 is 0 Å². The first-order valence-electron chi connectivity index (χ1n) is 4.65. The van der Waals surface area contributed by atoms with Crippen molar-refractivity contribution in [1.29, 1.82) is 0 Å². The van der Waals surface area contributed by atoms with Crippen LogP contribution in [0.5, 0.6) is 0 Å². The van der Waals surface area contributed by atoms with Gasteiger partial charge in [0.2, 0.25) is 0 Å². The fourth-order valence-corrected chi connectivity index (χ4v) is 1.40. The monoisotopic (exact) mass is 227 g/mol. The van der Waals surface area contributed by atoms with Gasteiger partial charge in [-0.1, -0.05) is 19.1 Å². The van der Waals surface area contributed by atoms with Crippen molar-refractivity contribution < 1.29 is 0 Å². The van der Waals surface area contributed by atoms with E-state index in [0.717, 1.165) is 11.0 Å². The summed E-state index contributed by atoms with van der Waals surface area (Å²) in [6.45, 7) is 2.53. The van der Waals surface area contributed by atoms with Gasteiger partial charge >= 0.3 is 5.69 Å². The number of nitrogens with two attached hydrogens (primary N) is 1. The molecule has 2 N–H and O–H groups in total. The third-order valence-corrected chi connectivity index (χ3v) is 2.05. The van der Waals surface area contributed by atoms with Crippen LogP contribution in [-0.2, 0) is 13.1 Å². The minimum absolute atomic E-state index is 0.00243. The van der Waals surface area contributed by atoms with Gasteiger partial charge in [0.05, 0.1) is 11.5 Å². The third-order valence-electron chi connectivity index (χ3n) is 1.92. The SMILES string of the molecule is CCCn1ccc(=O)n(CC(N)=S)c1=O. The van der Waals surface area contributed by atoms with Crippen molar-refractivity contribution in [3.05, 3.63) is 33.1 Å². The second kappa shape index (κ2) is 4.88. The second-order valence-electron chi connectivity index (χ2n) is 3.18. The Labute approximate surface area is 92.1 Å². The number of aryl methyl sites for hydroxylation is 1. The molecule has 0 saturated carbocycles. The lowest BCUT2D eigenvalue weighted by Gasteiger charge is -2.07. The van der Waals surface area contributed by atoms with Crippen LogP contribution in [0.4, 0.5) is 0 Å². The maximum Gasteiger partial charge on any atom is 0.331 e. The average molecular weight is 227 g/mol. The summed E-state index contributed by atoms with van der Waals surface area (Å²) in [7, 11) is 0. The van der Waals surface area contributed by atoms with Crippen LogP contribution in [0, 0.1) is 0 Å². The van der Waals surface area contributed by atoms with E-state index in [1.807, 2.05) is 6.92 Å². The first-order valence-corrected chi connectivity index (χ1v) is 5.05. The summed E-state index contributed by atoms with van der Waals surface area (Å²) in [5.74, 6) is 0. The number of aromatic nitrogens is 2. The highest BCUT2D eigenvalue weighted by atomic mass is 32.1. The number of rotatable bonds is 4. The Morgan fingerprint density at radius 1 is 1.53 bits per heavy atom. The molecule has 0 radical (unpaired) electrons. The molecule has 0 unspecified atom stereocenters. The van der Waals surface area contributed by atoms with Gasteiger partial charge in [-0.3, -0.25) is 9.36 Å². The molecule has 0 spiro atoms. The van der Waals surface area contributed by atoms with Crippen molar-refractivity contribution in [3.63, 3.8) is 0 Å². The highest BCUT2D eigenvalue weighted by Gasteiger charge is 2.04. The highest BCUT2D eigenvalue weighted by Crippen LogP contribution is 1.84. The summed E-state index contributed by atoms with van der Waals surface area (Å²) in [6, 6.07) is 1.34. The lowest BCUT2D eigenvalue weighted by Crippen LogP contribution is -2.41. The van der Waals surface area contributed by atoms with Gasteiger partial charge in [-0.05, 0) is 6.42 Å². The van der Waals surface area contributed by atoms with Gasteiger partial charge in [0.1, 0.15) is 0 Å². The summed E-state index contributed by atoms with van der Waals surface area (Å²) in [5.41, 5.74) is 4.57. The minimum Gasteiger partial charge on any atom is -0.392 e. The average Bonchev–Trinajstić information content (AvgIpc) is 2.17. The van der Waals surface area contributed by atoms with Crippen molar-refractivity contribution in [1.82, 2.24) is 9.13 Å². The van der Waals surface area contributed by atoms with E-state index >= 15 is 0 Å². The van der Waals surface area contributed by atoms with Gasteiger partial charge < -0.3 is 10.3 Å². The molecule has 5 nitrogen and oxygen atoms in total. The van der Waals surface area contributed by atoms with Crippen molar-refractivity contribution >= 4 is 17.2 Å². The Morgan fingerprint density at radius 2 is 2.20 bits per heavy atom. The topological polar surface area (TPSA) is 70.0 Å². The molecule has 0 aliphatic rings. The molecule has 1 aromatic heterocycles. The number of hydrogen-bond donors (Lipinski definition) is 1. The molecule has 0 bridgehead atoms. The quantitative estimate of drug-likeness (QED) is 0.717. The normalized spacial score (nSPS) is 10.2. The van der Waals surface area contributed by atoms with Gasteiger partial charge in [0.15, 0.2) is 0 Å². The molecule has 15 heavy (non-hydrogen) atoms. The zero-order chi connectivity index (χ0) is 11.4. The van der Waals surface area contributed by atoms with E-state index in [1.165, 1.54) is 16.8 Å². The molecular weight excluding hydrogens is 214 g/mol. The lowest BCUT2D eigenvalue weighted by molar-refractivity contribution is 0.581. The van der Waals surface area contributed by atoms with Crippen molar-refractivity contribution in [2.45, 2.75) is 26.4 Å². The fourth-order valence-electron chi connectivity index (χ4n) is 1.27. The Kier molecular flexibility index (Phi) is 3.79. The van der Waals surface area contributed by atoms with Gasteiger partial charge in [0.25, 0.3) is 5.56 Å². The molecule has 1 aromatic rings. The maximum absolute atomic E-state index is 11.7. The summed E-state index contributed by atoms with van der Waals surface area (Å²) < 4.78 is 2.51. The van der Waals surface area contributed by atoms with Crippen LogP contribution in [0.15, 0.2) is 21.9 Å². The van der Waals surface area contributed by atoms with Crippen molar-refractivity contribution in [2.75, 3.05) is 0 Å². The standard InChI is InChI=1S/C9H13N3O2S/c1-2-4-11-5-3-8(13)12(9(11)14)6-7(10)15/h3,5H,2,4,6H2,1H3,(H2,10,15). The number of nitrogens with zero attached hydrogens (tertiary/aromatic N) is 2. The summed E-state index contributed by atoms with van der Waals surface area (Å²) in [6.07, 6.45) is 2.31. The van der Waals surface area contributed by atoms with Gasteiger partial charge in [-0.25, -0.2) is 4.79 Å². The molecule has 0 atom stereocenters. The number of hydrogen-bond acceptors (Lipinski definition) is 3. The molecule has 0 aromatic carbocycles. The van der Waals surface area contributed by atoms with E-state index in [2.05, 4.69) is 12.2 Å². The Bertz CT molecular complexity index is 475. The molecule has 0 amide bonds. The second-order valence-corrected chi connectivity index (χ2v) is 3.71. The van der Waals surface area contributed by atoms with Crippen LogP contribution < -0.4 is 17.0 Å². The molecule has 0 aliphatic heterocycles. The Morgan fingerprint density at radius 3 is 2.73 bits per heavy atom. The first kappa shape index (κ1) is 11.6. The summed E-state index contributed by atoms with van der Waals surface area (Å²) in [4.78, 5) is 23.2. The van der Waals surface area contributed by atoms with E-state index in [0.29, 0.717) is 6.54 Å². The molecule has 0 fully saturated rings. The molecule has 1 heterocycles. The molecule has 0 saturated heterocycles. The fraction of sp³-hybridized carbons (Fsp3) is 0.444. The van der Waals surface area contributed by atoms with Crippen LogP contribution in [0.2, 0.25) is 0 Å². The number of thiocarbonyl (C=S) groups is 1. The molecular formula is C9H13N3O2S. The van der Waals surface area contributed by atoms with E-state index in [4.69, 9.17) is 5.73 Å². The third kappa shape index (κ3) is 2.76. The van der Waals surface area contributed by atoms with Crippen LogP contribution >= 0.6 is 12.2 Å². The Hall–Kier alpha value is -1.43. The summed E-state index contributed by atoms with van der Waals surface area (Å²) in [5, 5.41) is 0. The van der Waals surface area contributed by atoms with E-state index in [1.54, 1.807) is 0 Å². The van der Waals surface area contributed by atoms with E-state index in [-0.39, 0.29) is 22.8 Å². The van der Waals surface area contributed by atoms with Crippen molar-refractivity contribution in [2.24, 2.45) is 5.73 Å². The predicted molar refractivity (Wildman–Crippen MR) is 62.0 cm³/mol. The van der Waals surface area contributed by atoms with Crippen LogP contribution in [0.25, 0.3) is 0 Å². The van der Waals surface area contributed by atoms with Gasteiger partial charge in [-0.2, -0.15) is 0 Å². The predicted octanol–water partition coefficient (Wildman–Crippen LogP) is -0.294. The minimum atomic E-state index is -0.375. The smallest absolute Gasteiger partial charge is 0.331 e. The van der Waals surface area contributed by atoms with Crippen LogP contribution in [0.3, 0.4) is 0 Å². The van der Waals surface area contributed by atoms with Crippen LogP contribution in [0.1, 0.15) is 13.3 Å². The molecule has 1 rings (SSSR count). The lowest BCUT2D eigenvalue weighted by atomic mass is 10.4. The molecule has 6 heteroatoms. The highest BCUT2D eigenvalue weighted by molar-refractivity contribution is 7.80. The molecule has 82 valence electrons. The zero-order valence-corrected chi connectivity index (χ0v) is 9.29. The zero-order valence-electron chi connectivity index (χ0n) is 8.47. The van der Waals surface area contributed by atoms with Gasteiger partial charge in [-0.15, -0.1) is 0 Å². The summed E-state index contributed by atoms with van der Waals surface area (Å²) >= 11 is 4.67. The largest absolute Gasteiger partial charge is 0.392 e. The molecule has 0 aliphatic carbocycles. The Balaban J connectivity index is 3.24. The van der Waals surface area contributed by atoms with Crippen molar-refractivity contribution in [3.8, 4) is 0 Å². The maximum atomic E-state index is 11.7. The van der Waals surface area contributed by atoms with E-state index in [9.17, 15) is 9.59 Å². The van der Waals surface area contributed by atoms with Gasteiger partial charge in [0, 0.05) is 18.8 Å². The van der Waals surface area contributed by atoms with Crippen LogP contribution in [-0.4, -0.2) is 14.1 Å².